The molecule has 0 aliphatic carbocycles. The molecule has 1 heterocycles. The monoisotopic (exact) mass is 398 g/mol. The lowest BCUT2D eigenvalue weighted by molar-refractivity contribution is -0.119. The molecular weight excluding hydrogens is 380 g/mol. The molecule has 0 unspecified atom stereocenters. The van der Waals surface area contributed by atoms with E-state index >= 15 is 0 Å². The Morgan fingerprint density at radius 2 is 1.50 bits per heavy atom. The number of ether oxygens (including phenoxy) is 1. The number of H-pyrrole nitrogens is 1. The Balaban J connectivity index is 1.30. The van der Waals surface area contributed by atoms with Crippen LogP contribution in [0.15, 0.2) is 95.3 Å². The van der Waals surface area contributed by atoms with Crippen LogP contribution < -0.4 is 5.32 Å². The number of anilines is 1. The van der Waals surface area contributed by atoms with Crippen LogP contribution in [0, 0.1) is 0 Å². The topological polar surface area (TPSA) is 95.9 Å². The van der Waals surface area contributed by atoms with Crippen LogP contribution in [0.2, 0.25) is 0 Å². The van der Waals surface area contributed by atoms with Gasteiger partial charge in [0.2, 0.25) is 0 Å². The number of aromatic nitrogens is 1. The van der Waals surface area contributed by atoms with Gasteiger partial charge in [0.05, 0.1) is 16.9 Å². The minimum absolute atomic E-state index is 0.381. The van der Waals surface area contributed by atoms with Crippen molar-refractivity contribution in [2.75, 3.05) is 11.9 Å². The van der Waals surface area contributed by atoms with E-state index in [9.17, 15) is 9.59 Å². The molecule has 0 saturated carbocycles. The highest BCUT2D eigenvalue weighted by Crippen LogP contribution is 2.20. The first-order chi connectivity index (χ1) is 14.7. The summed E-state index contributed by atoms with van der Waals surface area (Å²) in [6.45, 7) is -0.381. The van der Waals surface area contributed by atoms with E-state index in [1.807, 2.05) is 54.6 Å². The largest absolute Gasteiger partial charge is 0.452 e. The summed E-state index contributed by atoms with van der Waals surface area (Å²) in [6, 6.07) is 23.7. The molecule has 1 amide bonds. The Bertz CT molecular complexity index is 1200. The van der Waals surface area contributed by atoms with Crippen LogP contribution in [0.25, 0.3) is 10.9 Å². The number of nitrogens with zero attached hydrogens (tertiary/aromatic N) is 2. The first kappa shape index (κ1) is 19.1. The number of amides is 1. The minimum atomic E-state index is -0.556. The first-order valence-electron chi connectivity index (χ1n) is 9.29. The van der Waals surface area contributed by atoms with Crippen molar-refractivity contribution in [2.24, 2.45) is 10.2 Å². The summed E-state index contributed by atoms with van der Waals surface area (Å²) in [5.41, 5.74) is 3.21. The Kier molecular flexibility index (Phi) is 5.61. The first-order valence-corrected chi connectivity index (χ1v) is 9.29. The Hall–Kier alpha value is -4.26. The van der Waals surface area contributed by atoms with Gasteiger partial charge in [0, 0.05) is 22.8 Å². The molecule has 0 radical (unpaired) electrons. The number of carbonyl (C=O) groups is 2. The molecule has 0 fully saturated rings. The number of azo groups is 1. The zero-order valence-corrected chi connectivity index (χ0v) is 15.9. The second-order valence-electron chi connectivity index (χ2n) is 6.45. The quantitative estimate of drug-likeness (QED) is 0.337. The molecular formula is C23H18N4O3. The van der Waals surface area contributed by atoms with Crippen molar-refractivity contribution in [3.8, 4) is 0 Å². The zero-order valence-electron chi connectivity index (χ0n) is 15.9. The molecule has 2 N–H and O–H groups in total. The lowest BCUT2D eigenvalue weighted by Gasteiger charge is -2.06. The van der Waals surface area contributed by atoms with E-state index in [0.717, 1.165) is 16.6 Å². The smallest absolute Gasteiger partial charge is 0.340 e. The molecule has 1 aromatic heterocycles. The molecule has 0 saturated heterocycles. The van der Waals surface area contributed by atoms with E-state index in [-0.39, 0.29) is 6.61 Å². The molecule has 0 atom stereocenters. The molecule has 4 rings (SSSR count). The number of hydrogen-bond acceptors (Lipinski definition) is 5. The lowest BCUT2D eigenvalue weighted by Crippen LogP contribution is -2.20. The minimum Gasteiger partial charge on any atom is -0.452 e. The van der Waals surface area contributed by atoms with Gasteiger partial charge < -0.3 is 15.0 Å². The summed E-state index contributed by atoms with van der Waals surface area (Å²) in [5, 5.41) is 11.7. The van der Waals surface area contributed by atoms with Crippen LogP contribution in [0.5, 0.6) is 0 Å². The summed E-state index contributed by atoms with van der Waals surface area (Å²) < 4.78 is 5.14. The Labute approximate surface area is 172 Å². The van der Waals surface area contributed by atoms with E-state index in [2.05, 4.69) is 20.5 Å². The van der Waals surface area contributed by atoms with Crippen LogP contribution in [0.1, 0.15) is 10.4 Å². The van der Waals surface area contributed by atoms with E-state index in [1.165, 1.54) is 0 Å². The average molecular weight is 398 g/mol. The van der Waals surface area contributed by atoms with Gasteiger partial charge >= 0.3 is 5.97 Å². The number of hydrogen-bond donors (Lipinski definition) is 2. The van der Waals surface area contributed by atoms with Crippen LogP contribution in [0.3, 0.4) is 0 Å². The van der Waals surface area contributed by atoms with Crippen molar-refractivity contribution < 1.29 is 14.3 Å². The zero-order chi connectivity index (χ0) is 20.8. The van der Waals surface area contributed by atoms with Crippen LogP contribution in [-0.4, -0.2) is 23.5 Å². The third-order valence-corrected chi connectivity index (χ3v) is 4.33. The van der Waals surface area contributed by atoms with Gasteiger partial charge in [0.25, 0.3) is 5.91 Å². The van der Waals surface area contributed by atoms with Gasteiger partial charge in [-0.05, 0) is 42.5 Å². The van der Waals surface area contributed by atoms with Crippen molar-refractivity contribution in [1.82, 2.24) is 4.98 Å². The molecule has 7 nitrogen and oxygen atoms in total. The van der Waals surface area contributed by atoms with Gasteiger partial charge in [-0.2, -0.15) is 10.2 Å². The summed E-state index contributed by atoms with van der Waals surface area (Å²) in [5.74, 6) is -0.985. The predicted octanol–water partition coefficient (Wildman–Crippen LogP) is 5.38. The predicted molar refractivity (Wildman–Crippen MR) is 114 cm³/mol. The molecule has 0 aliphatic heterocycles. The number of aromatic amines is 1. The summed E-state index contributed by atoms with van der Waals surface area (Å²) >= 11 is 0. The molecule has 148 valence electrons. The standard InChI is InChI=1S/C23H18N4O3/c28-22(15-30-23(29)20-14-24-21-9-5-4-8-19(20)21)25-16-10-12-18(13-11-16)27-26-17-6-2-1-3-7-17/h1-14,24H,15H2,(H,25,28). The Morgan fingerprint density at radius 3 is 2.27 bits per heavy atom. The number of rotatable bonds is 6. The molecule has 3 aromatic carbocycles. The number of benzene rings is 3. The third-order valence-electron chi connectivity index (χ3n) is 4.33. The van der Waals surface area contributed by atoms with Gasteiger partial charge in [-0.1, -0.05) is 36.4 Å². The fraction of sp³-hybridized carbons (Fsp3) is 0.0435. The summed E-state index contributed by atoms with van der Waals surface area (Å²) in [7, 11) is 0. The fourth-order valence-corrected chi connectivity index (χ4v) is 2.87. The van der Waals surface area contributed by atoms with Crippen molar-refractivity contribution in [3.63, 3.8) is 0 Å². The summed E-state index contributed by atoms with van der Waals surface area (Å²) in [4.78, 5) is 27.4. The number of esters is 1. The molecule has 0 spiro atoms. The van der Waals surface area contributed by atoms with Gasteiger partial charge in [0.1, 0.15) is 0 Å². The molecule has 0 bridgehead atoms. The maximum Gasteiger partial charge on any atom is 0.340 e. The van der Waals surface area contributed by atoms with Crippen molar-refractivity contribution in [3.05, 3.63) is 90.6 Å². The highest BCUT2D eigenvalue weighted by Gasteiger charge is 2.14. The van der Waals surface area contributed by atoms with Crippen molar-refractivity contribution in [2.45, 2.75) is 0 Å². The second-order valence-corrected chi connectivity index (χ2v) is 6.45. The number of carbonyl (C=O) groups excluding carboxylic acids is 2. The number of para-hydroxylation sites is 1. The fourth-order valence-electron chi connectivity index (χ4n) is 2.87. The maximum absolute atomic E-state index is 12.3. The lowest BCUT2D eigenvalue weighted by atomic mass is 10.2. The van der Waals surface area contributed by atoms with Crippen LogP contribution >= 0.6 is 0 Å². The molecule has 30 heavy (non-hydrogen) atoms. The number of fused-ring (bicyclic) bond motifs is 1. The third kappa shape index (κ3) is 4.59. The normalized spacial score (nSPS) is 10.9. The second kappa shape index (κ2) is 8.83. The number of nitrogens with one attached hydrogen (secondary N) is 2. The molecule has 4 aromatic rings. The van der Waals surface area contributed by atoms with Gasteiger partial charge in [-0.3, -0.25) is 4.79 Å². The summed E-state index contributed by atoms with van der Waals surface area (Å²) in [6.07, 6.45) is 1.58. The van der Waals surface area contributed by atoms with Gasteiger partial charge in [-0.15, -0.1) is 0 Å². The van der Waals surface area contributed by atoms with Crippen LogP contribution in [0.4, 0.5) is 17.1 Å². The maximum atomic E-state index is 12.3. The van der Waals surface area contributed by atoms with Gasteiger partial charge in [-0.25, -0.2) is 4.79 Å². The van der Waals surface area contributed by atoms with Crippen molar-refractivity contribution in [1.29, 1.82) is 0 Å². The molecule has 0 aliphatic rings. The van der Waals surface area contributed by atoms with Crippen LogP contribution in [-0.2, 0) is 9.53 Å². The highest BCUT2D eigenvalue weighted by atomic mass is 16.5. The van der Waals surface area contributed by atoms with Crippen molar-refractivity contribution >= 4 is 39.8 Å². The van der Waals surface area contributed by atoms with E-state index in [1.54, 1.807) is 30.5 Å². The Morgan fingerprint density at radius 1 is 0.833 bits per heavy atom. The van der Waals surface area contributed by atoms with E-state index in [0.29, 0.717) is 16.9 Å². The average Bonchev–Trinajstić information content (AvgIpc) is 3.22. The highest BCUT2D eigenvalue weighted by molar-refractivity contribution is 6.05. The van der Waals surface area contributed by atoms with E-state index < -0.39 is 11.9 Å². The van der Waals surface area contributed by atoms with E-state index in [4.69, 9.17) is 4.74 Å². The van der Waals surface area contributed by atoms with Gasteiger partial charge in [0.15, 0.2) is 6.61 Å². The molecule has 7 heteroatoms. The SMILES string of the molecule is O=C(COC(=O)c1c[nH]c2ccccc12)Nc1ccc(N=Nc2ccccc2)cc1.